The van der Waals surface area contributed by atoms with E-state index in [-0.39, 0.29) is 24.1 Å². The number of anilines is 1. The Labute approximate surface area is 293 Å². The summed E-state index contributed by atoms with van der Waals surface area (Å²) in [5, 5.41) is 4.84. The van der Waals surface area contributed by atoms with Crippen molar-refractivity contribution in [2.75, 3.05) is 31.6 Å². The van der Waals surface area contributed by atoms with Crippen molar-refractivity contribution >= 4 is 33.7 Å². The van der Waals surface area contributed by atoms with Crippen molar-refractivity contribution < 1.29 is 23.4 Å². The number of hydrogen-bond donors (Lipinski definition) is 0. The molecule has 0 radical (unpaired) electrons. The van der Waals surface area contributed by atoms with E-state index >= 15 is 0 Å². The number of carbonyl (C=O) groups excluding carboxylic acids is 1. The van der Waals surface area contributed by atoms with Gasteiger partial charge in [0.15, 0.2) is 5.65 Å². The van der Waals surface area contributed by atoms with Crippen LogP contribution in [-0.2, 0) is 20.9 Å². The number of carbonyl (C=O) groups is 1. The second kappa shape index (κ2) is 15.2. The van der Waals surface area contributed by atoms with Crippen LogP contribution in [0.2, 0.25) is 51.4 Å². The second-order valence-corrected chi connectivity index (χ2v) is 28.4. The average Bonchev–Trinajstić information content (AvgIpc) is 3.56. The molecule has 2 aliphatic rings. The number of ether oxygens (including phenoxy) is 3. The first-order valence-electron chi connectivity index (χ1n) is 17.8. The maximum atomic E-state index is 13.3. The molecule has 3 aromatic rings. The molecule has 0 unspecified atom stereocenters. The SMILES string of the molecule is CC(C)(C)OC(=O)N1[C@@H]2CC[C@H]1C[C@H](c1cc(N(COCC[Si](C)(C)C)COCC[Si](C)(C)C)n3ncc(-c4ccc(CF)nc4)c3n1)C2. The molecular formula is C36H57FN6O4Si2. The average molecular weight is 713 g/mol. The fraction of sp³-hybridized carbons (Fsp3) is 0.667. The van der Waals surface area contributed by atoms with Crippen LogP contribution in [0, 0.1) is 0 Å². The monoisotopic (exact) mass is 712 g/mol. The van der Waals surface area contributed by atoms with Crippen LogP contribution < -0.4 is 4.90 Å². The van der Waals surface area contributed by atoms with Gasteiger partial charge in [-0.3, -0.25) is 4.98 Å². The molecule has 2 bridgehead atoms. The third kappa shape index (κ3) is 9.89. The van der Waals surface area contributed by atoms with E-state index in [0.29, 0.717) is 38.0 Å². The van der Waals surface area contributed by atoms with Gasteiger partial charge >= 0.3 is 6.09 Å². The normalized spacial score (nSPS) is 19.9. The van der Waals surface area contributed by atoms with Crippen LogP contribution in [0.3, 0.4) is 0 Å². The summed E-state index contributed by atoms with van der Waals surface area (Å²) in [6.07, 6.45) is 6.83. The van der Waals surface area contributed by atoms with Crippen molar-refractivity contribution in [2.45, 2.75) is 128 Å². The lowest BCUT2D eigenvalue weighted by atomic mass is 9.88. The van der Waals surface area contributed by atoms with E-state index < -0.39 is 28.4 Å². The van der Waals surface area contributed by atoms with E-state index in [2.05, 4.69) is 55.2 Å². The van der Waals surface area contributed by atoms with E-state index in [1.165, 1.54) is 0 Å². The molecule has 2 fully saturated rings. The summed E-state index contributed by atoms with van der Waals surface area (Å²) in [4.78, 5) is 26.9. The summed E-state index contributed by atoms with van der Waals surface area (Å²) in [6, 6.07) is 8.08. The number of hydrogen-bond acceptors (Lipinski definition) is 8. The molecule has 2 saturated heterocycles. The van der Waals surface area contributed by atoms with Crippen molar-refractivity contribution in [1.82, 2.24) is 24.5 Å². The predicted molar refractivity (Wildman–Crippen MR) is 198 cm³/mol. The molecule has 1 amide bonds. The molecular weight excluding hydrogens is 656 g/mol. The molecule has 0 N–H and O–H groups in total. The number of aromatic nitrogens is 4. The predicted octanol–water partition coefficient (Wildman–Crippen LogP) is 8.34. The Bertz CT molecular complexity index is 1530. The van der Waals surface area contributed by atoms with Gasteiger partial charge in [0.1, 0.15) is 31.6 Å². The van der Waals surface area contributed by atoms with Crippen molar-refractivity contribution in [1.29, 1.82) is 0 Å². The highest BCUT2D eigenvalue weighted by molar-refractivity contribution is 6.76. The van der Waals surface area contributed by atoms with Crippen molar-refractivity contribution in [2.24, 2.45) is 0 Å². The van der Waals surface area contributed by atoms with Crippen LogP contribution in [0.4, 0.5) is 15.0 Å². The van der Waals surface area contributed by atoms with Gasteiger partial charge in [0, 0.05) is 76.4 Å². The van der Waals surface area contributed by atoms with Gasteiger partial charge in [0.2, 0.25) is 0 Å². The Morgan fingerprint density at radius 3 is 2.08 bits per heavy atom. The minimum absolute atomic E-state index is 0.104. The third-order valence-corrected chi connectivity index (χ3v) is 12.7. The number of nitrogens with zero attached hydrogens (tertiary/aromatic N) is 6. The summed E-state index contributed by atoms with van der Waals surface area (Å²) in [6.45, 7) is 21.4. The fourth-order valence-electron chi connectivity index (χ4n) is 6.57. The summed E-state index contributed by atoms with van der Waals surface area (Å²) >= 11 is 0. The lowest BCUT2D eigenvalue weighted by Gasteiger charge is -2.39. The maximum Gasteiger partial charge on any atom is 0.410 e. The molecule has 3 atom stereocenters. The number of fused-ring (bicyclic) bond motifs is 3. The van der Waals surface area contributed by atoms with Crippen LogP contribution in [-0.4, -0.2) is 91.1 Å². The highest BCUT2D eigenvalue weighted by atomic mass is 28.3. The van der Waals surface area contributed by atoms with E-state index in [1.807, 2.05) is 42.4 Å². The highest BCUT2D eigenvalue weighted by Gasteiger charge is 2.45. The minimum atomic E-state index is -1.28. The molecule has 2 aliphatic heterocycles. The zero-order valence-corrected chi connectivity index (χ0v) is 33.1. The lowest BCUT2D eigenvalue weighted by molar-refractivity contribution is 0.00569. The smallest absolute Gasteiger partial charge is 0.410 e. The van der Waals surface area contributed by atoms with Gasteiger partial charge in [-0.15, -0.1) is 0 Å². The van der Waals surface area contributed by atoms with Gasteiger partial charge < -0.3 is 24.0 Å². The zero-order chi connectivity index (χ0) is 35.6. The Kier molecular flexibility index (Phi) is 11.6. The molecule has 49 heavy (non-hydrogen) atoms. The number of pyridine rings is 1. The number of piperidine rings is 1. The Balaban J connectivity index is 1.51. The van der Waals surface area contributed by atoms with Crippen molar-refractivity contribution in [3.63, 3.8) is 0 Å². The molecule has 0 saturated carbocycles. The van der Waals surface area contributed by atoms with E-state index in [9.17, 15) is 9.18 Å². The standard InChI is InChI=1S/C36H57FN6O4Si2/c1-36(2,3)47-35(44)42-29-12-13-30(42)19-27(18-29)32-20-33(41(24-45-14-16-48(4,5)6)25-46-15-17-49(7,8)9)43-34(40-32)31(23-39-43)26-10-11-28(21-37)38-22-26/h10-11,20,22-23,27,29-30H,12-19,21,24-25H2,1-9H3/t27-,29-,30+. The topological polar surface area (TPSA) is 94.3 Å². The molecule has 5 rings (SSSR count). The molecule has 5 heterocycles. The first kappa shape index (κ1) is 37.4. The van der Waals surface area contributed by atoms with Crippen LogP contribution in [0.25, 0.3) is 16.8 Å². The van der Waals surface area contributed by atoms with E-state index in [0.717, 1.165) is 60.4 Å². The molecule has 270 valence electrons. The first-order valence-corrected chi connectivity index (χ1v) is 25.2. The van der Waals surface area contributed by atoms with Crippen LogP contribution in [0.1, 0.15) is 63.8 Å². The fourth-order valence-corrected chi connectivity index (χ4v) is 8.09. The first-order chi connectivity index (χ1) is 23.0. The van der Waals surface area contributed by atoms with Gasteiger partial charge in [-0.2, -0.15) is 9.61 Å². The van der Waals surface area contributed by atoms with Crippen molar-refractivity contribution in [3.8, 4) is 11.1 Å². The summed E-state index contributed by atoms with van der Waals surface area (Å²) in [5.74, 6) is 1.000. The van der Waals surface area contributed by atoms with Crippen molar-refractivity contribution in [3.05, 3.63) is 42.0 Å². The molecule has 0 aliphatic carbocycles. The molecule has 13 heteroatoms. The summed E-state index contributed by atoms with van der Waals surface area (Å²) < 4.78 is 33.6. The number of amides is 1. The zero-order valence-electron chi connectivity index (χ0n) is 31.1. The Hall–Kier alpha value is -2.88. The number of alkyl halides is 1. The summed E-state index contributed by atoms with van der Waals surface area (Å²) in [7, 11) is -2.55. The van der Waals surface area contributed by atoms with E-state index in [1.54, 1.807) is 12.3 Å². The van der Waals surface area contributed by atoms with Crippen LogP contribution >= 0.6 is 0 Å². The largest absolute Gasteiger partial charge is 0.444 e. The molecule has 3 aromatic heterocycles. The highest BCUT2D eigenvalue weighted by Crippen LogP contribution is 2.44. The second-order valence-electron chi connectivity index (χ2n) is 17.2. The Morgan fingerprint density at radius 1 is 0.959 bits per heavy atom. The summed E-state index contributed by atoms with van der Waals surface area (Å²) in [5.41, 5.74) is 3.17. The number of halogens is 1. The van der Waals surface area contributed by atoms with Gasteiger partial charge in [-0.05, 0) is 64.6 Å². The molecule has 10 nitrogen and oxygen atoms in total. The van der Waals surface area contributed by atoms with Gasteiger partial charge in [0.05, 0.1) is 11.9 Å². The Morgan fingerprint density at radius 2 is 1.57 bits per heavy atom. The quantitative estimate of drug-likeness (QED) is 0.0936. The molecule has 0 aromatic carbocycles. The maximum absolute atomic E-state index is 13.3. The van der Waals surface area contributed by atoms with Crippen LogP contribution in [0.15, 0.2) is 30.6 Å². The van der Waals surface area contributed by atoms with Gasteiger partial charge in [-0.25, -0.2) is 14.2 Å². The third-order valence-electron chi connectivity index (χ3n) is 9.31. The van der Waals surface area contributed by atoms with Crippen LogP contribution in [0.5, 0.6) is 0 Å². The number of rotatable bonds is 14. The lowest BCUT2D eigenvalue weighted by Crippen LogP contribution is -2.48. The molecule has 0 spiro atoms. The van der Waals surface area contributed by atoms with Gasteiger partial charge in [0.25, 0.3) is 0 Å². The van der Waals surface area contributed by atoms with Gasteiger partial charge in [-0.1, -0.05) is 45.3 Å². The minimum Gasteiger partial charge on any atom is -0.444 e. The van der Waals surface area contributed by atoms with E-state index in [4.69, 9.17) is 24.3 Å².